The predicted octanol–water partition coefficient (Wildman–Crippen LogP) is 4.77. The van der Waals surface area contributed by atoms with Crippen LogP contribution in [0.25, 0.3) is 16.0 Å². The molecule has 0 N–H and O–H groups in total. The summed E-state index contributed by atoms with van der Waals surface area (Å²) in [5.74, 6) is 0.652. The molecule has 0 atom stereocenters. The van der Waals surface area contributed by atoms with E-state index in [1.807, 2.05) is 24.3 Å². The maximum absolute atomic E-state index is 11.3. The lowest BCUT2D eigenvalue weighted by Gasteiger charge is -2.09. The Bertz CT molecular complexity index is 548. The summed E-state index contributed by atoms with van der Waals surface area (Å²) in [4.78, 5) is 14.1. The third kappa shape index (κ3) is 3.72. The van der Waals surface area contributed by atoms with Crippen molar-refractivity contribution in [1.29, 1.82) is 0 Å². The van der Waals surface area contributed by atoms with Crippen molar-refractivity contribution >= 4 is 11.4 Å². The number of hydrogen-bond donors (Lipinski definition) is 0. The van der Waals surface area contributed by atoms with Crippen molar-refractivity contribution < 1.29 is 4.79 Å². The van der Waals surface area contributed by atoms with Crippen LogP contribution in [0.1, 0.15) is 48.5 Å². The van der Waals surface area contributed by atoms with Crippen LogP contribution in [0.5, 0.6) is 0 Å². The number of rotatable bonds is 5. The third-order valence-electron chi connectivity index (χ3n) is 3.80. The predicted molar refractivity (Wildman–Crippen MR) is 80.4 cm³/mol. The highest BCUT2D eigenvalue weighted by Gasteiger charge is 2.14. The van der Waals surface area contributed by atoms with Gasteiger partial charge in [0.2, 0.25) is 0 Å². The molecule has 20 heavy (non-hydrogen) atoms. The summed E-state index contributed by atoms with van der Waals surface area (Å²) in [6.45, 7) is 1.93. The molecule has 4 heteroatoms. The Hall–Kier alpha value is -2.06. The molecular formula is C16H19N3O. The van der Waals surface area contributed by atoms with Crippen LogP contribution >= 0.6 is 0 Å². The van der Waals surface area contributed by atoms with E-state index in [-0.39, 0.29) is 5.78 Å². The first-order valence-corrected chi connectivity index (χ1v) is 7.03. The molecule has 0 radical (unpaired) electrons. The van der Waals surface area contributed by atoms with Gasteiger partial charge in [-0.05, 0) is 42.4 Å². The van der Waals surface area contributed by atoms with Crippen LogP contribution in [0.15, 0.2) is 35.5 Å². The van der Waals surface area contributed by atoms with Gasteiger partial charge in [0.05, 0.1) is 6.54 Å². The van der Waals surface area contributed by atoms with Gasteiger partial charge >= 0.3 is 0 Å². The van der Waals surface area contributed by atoms with E-state index in [9.17, 15) is 4.79 Å². The van der Waals surface area contributed by atoms with Crippen molar-refractivity contribution in [3.05, 3.63) is 51.9 Å². The zero-order valence-electron chi connectivity index (χ0n) is 11.7. The molecule has 0 aliphatic heterocycles. The van der Waals surface area contributed by atoms with Crippen LogP contribution in [0, 0.1) is 5.92 Å². The Morgan fingerprint density at radius 2 is 1.90 bits per heavy atom. The van der Waals surface area contributed by atoms with Gasteiger partial charge in [0.1, 0.15) is 0 Å². The molecule has 0 unspecified atom stereocenters. The molecule has 0 amide bonds. The second kappa shape index (κ2) is 6.92. The van der Waals surface area contributed by atoms with Gasteiger partial charge in [-0.3, -0.25) is 4.79 Å². The highest BCUT2D eigenvalue weighted by molar-refractivity contribution is 5.94. The average molecular weight is 269 g/mol. The Balaban J connectivity index is 2.25. The lowest BCUT2D eigenvalue weighted by atomic mass is 9.97. The van der Waals surface area contributed by atoms with Crippen LogP contribution in [-0.4, -0.2) is 12.3 Å². The van der Waals surface area contributed by atoms with Gasteiger partial charge in [-0.1, -0.05) is 48.3 Å². The maximum Gasteiger partial charge on any atom is 0.159 e. The van der Waals surface area contributed by atoms with Crippen LogP contribution in [0.2, 0.25) is 0 Å². The van der Waals surface area contributed by atoms with Crippen LogP contribution in [0.4, 0.5) is 0 Å². The van der Waals surface area contributed by atoms with Crippen molar-refractivity contribution in [2.24, 2.45) is 11.0 Å². The second-order valence-corrected chi connectivity index (χ2v) is 5.26. The molecule has 0 bridgehead atoms. The Labute approximate surface area is 119 Å². The molecule has 1 saturated carbocycles. The monoisotopic (exact) mass is 269 g/mol. The minimum absolute atomic E-state index is 0.0629. The summed E-state index contributed by atoms with van der Waals surface area (Å²) < 4.78 is 0. The quantitative estimate of drug-likeness (QED) is 0.328. The number of benzene rings is 1. The van der Waals surface area contributed by atoms with E-state index in [0.717, 1.165) is 11.1 Å². The summed E-state index contributed by atoms with van der Waals surface area (Å²) >= 11 is 0. The number of carbonyl (C=O) groups is 1. The molecule has 1 aliphatic carbocycles. The highest BCUT2D eigenvalue weighted by Crippen LogP contribution is 2.29. The number of carbonyl (C=O) groups excluding carboxylic acids is 1. The lowest BCUT2D eigenvalue weighted by molar-refractivity contribution is 0.101. The number of azide groups is 1. The fraction of sp³-hybridized carbons (Fsp3) is 0.438. The van der Waals surface area contributed by atoms with E-state index in [2.05, 4.69) is 16.1 Å². The van der Waals surface area contributed by atoms with Gasteiger partial charge in [0.15, 0.2) is 5.78 Å². The van der Waals surface area contributed by atoms with Crippen molar-refractivity contribution in [2.45, 2.75) is 32.6 Å². The minimum Gasteiger partial charge on any atom is -0.295 e. The average Bonchev–Trinajstić information content (AvgIpc) is 2.96. The molecule has 104 valence electrons. The molecule has 0 aromatic heterocycles. The van der Waals surface area contributed by atoms with Crippen molar-refractivity contribution in [3.8, 4) is 0 Å². The number of ketones is 1. The van der Waals surface area contributed by atoms with E-state index in [1.165, 1.54) is 25.7 Å². The third-order valence-corrected chi connectivity index (χ3v) is 3.80. The fourth-order valence-electron chi connectivity index (χ4n) is 2.68. The van der Waals surface area contributed by atoms with Gasteiger partial charge in [0, 0.05) is 10.5 Å². The van der Waals surface area contributed by atoms with Gasteiger partial charge in [-0.25, -0.2) is 0 Å². The maximum atomic E-state index is 11.3. The Kier molecular flexibility index (Phi) is 4.97. The molecule has 1 aromatic rings. The second-order valence-electron chi connectivity index (χ2n) is 5.26. The summed E-state index contributed by atoms with van der Waals surface area (Å²) in [7, 11) is 0. The number of nitrogens with zero attached hydrogens (tertiary/aromatic N) is 3. The zero-order chi connectivity index (χ0) is 14.4. The van der Waals surface area contributed by atoms with Crippen LogP contribution in [-0.2, 0) is 0 Å². The molecule has 0 heterocycles. The molecular weight excluding hydrogens is 250 g/mol. The van der Waals surface area contributed by atoms with E-state index in [0.29, 0.717) is 18.0 Å². The van der Waals surface area contributed by atoms with E-state index >= 15 is 0 Å². The summed E-state index contributed by atoms with van der Waals surface area (Å²) in [5.41, 5.74) is 11.3. The number of hydrogen-bond acceptors (Lipinski definition) is 2. The molecule has 0 saturated heterocycles. The molecule has 0 spiro atoms. The molecule has 1 aromatic carbocycles. The number of Topliss-reactive ketones (excluding diaryl/α,β-unsaturated/α-hetero) is 1. The lowest BCUT2D eigenvalue weighted by Crippen LogP contribution is -1.96. The summed E-state index contributed by atoms with van der Waals surface area (Å²) in [6, 6.07) is 7.53. The largest absolute Gasteiger partial charge is 0.295 e. The van der Waals surface area contributed by atoms with Crippen LogP contribution in [0.3, 0.4) is 0 Å². The first-order chi connectivity index (χ1) is 9.70. The first-order valence-electron chi connectivity index (χ1n) is 7.03. The summed E-state index contributed by atoms with van der Waals surface area (Å²) in [6.07, 6.45) is 7.22. The van der Waals surface area contributed by atoms with E-state index in [1.54, 1.807) is 6.92 Å². The molecule has 4 nitrogen and oxygen atoms in total. The standard InChI is InChI=1S/C16H19N3O/c1-12(20)14-6-8-15(9-7-14)16(11-18-19-17)10-13-4-2-3-5-13/h6-10,13H,2-5,11H2,1H3/b16-10+. The summed E-state index contributed by atoms with van der Waals surface area (Å²) in [5, 5.41) is 3.69. The molecule has 1 aliphatic rings. The molecule has 2 rings (SSSR count). The van der Waals surface area contributed by atoms with E-state index < -0.39 is 0 Å². The van der Waals surface area contributed by atoms with Gasteiger partial charge in [0.25, 0.3) is 0 Å². The van der Waals surface area contributed by atoms with Gasteiger partial charge < -0.3 is 0 Å². The van der Waals surface area contributed by atoms with Crippen LogP contribution < -0.4 is 0 Å². The normalized spacial score (nSPS) is 15.9. The Morgan fingerprint density at radius 3 is 2.45 bits per heavy atom. The van der Waals surface area contributed by atoms with Crippen molar-refractivity contribution in [1.82, 2.24) is 0 Å². The smallest absolute Gasteiger partial charge is 0.159 e. The zero-order valence-corrected chi connectivity index (χ0v) is 11.7. The van der Waals surface area contributed by atoms with E-state index in [4.69, 9.17) is 5.53 Å². The van der Waals surface area contributed by atoms with Crippen molar-refractivity contribution in [3.63, 3.8) is 0 Å². The molecule has 1 fully saturated rings. The number of allylic oxidation sites excluding steroid dienone is 1. The Morgan fingerprint density at radius 1 is 1.30 bits per heavy atom. The van der Waals surface area contributed by atoms with Gasteiger partial charge in [-0.15, -0.1) is 0 Å². The minimum atomic E-state index is 0.0629. The topological polar surface area (TPSA) is 65.8 Å². The fourth-order valence-corrected chi connectivity index (χ4v) is 2.68. The highest BCUT2D eigenvalue weighted by atomic mass is 16.1. The first kappa shape index (κ1) is 14.4. The van der Waals surface area contributed by atoms with Crippen molar-refractivity contribution in [2.75, 3.05) is 6.54 Å². The SMILES string of the molecule is CC(=O)c1ccc(/C(=C/C2CCCC2)CN=[N+]=[N-])cc1. The van der Waals surface area contributed by atoms with Gasteiger partial charge in [-0.2, -0.15) is 0 Å².